The summed E-state index contributed by atoms with van der Waals surface area (Å²) >= 11 is 0. The zero-order chi connectivity index (χ0) is 19.8. The summed E-state index contributed by atoms with van der Waals surface area (Å²) in [6.45, 7) is 0.552. The number of nitrogens with zero attached hydrogens (tertiary/aromatic N) is 3. The molecule has 0 radical (unpaired) electrons. The van der Waals surface area contributed by atoms with Gasteiger partial charge in [0.05, 0.1) is 18.5 Å². The van der Waals surface area contributed by atoms with Crippen molar-refractivity contribution in [2.24, 2.45) is 11.0 Å². The van der Waals surface area contributed by atoms with E-state index in [1.165, 1.54) is 0 Å². The predicted molar refractivity (Wildman–Crippen MR) is 97.2 cm³/mol. The normalized spacial score (nSPS) is 25.4. The maximum atomic E-state index is 12.3. The number of hydrogen-bond acceptors (Lipinski definition) is 7. The smallest absolute Gasteiger partial charge is 0.338 e. The molecule has 1 aromatic carbocycles. The molecule has 0 saturated carbocycles. The Morgan fingerprint density at radius 1 is 1.32 bits per heavy atom. The zero-order valence-corrected chi connectivity index (χ0v) is 15.4. The number of carbonyl (C=O) groups excluding carboxylic acids is 2. The molecule has 0 aliphatic carbocycles. The Morgan fingerprint density at radius 2 is 2.14 bits per heavy atom. The van der Waals surface area contributed by atoms with Crippen molar-refractivity contribution >= 4 is 11.9 Å². The van der Waals surface area contributed by atoms with E-state index < -0.39 is 36.4 Å². The van der Waals surface area contributed by atoms with Crippen LogP contribution in [-0.2, 0) is 23.7 Å². The summed E-state index contributed by atoms with van der Waals surface area (Å²) in [5.41, 5.74) is 9.01. The van der Waals surface area contributed by atoms with Crippen LogP contribution in [-0.4, -0.2) is 50.2 Å². The maximum Gasteiger partial charge on any atom is 0.338 e. The molecule has 0 spiro atoms. The number of esters is 2. The highest BCUT2D eigenvalue weighted by Gasteiger charge is 2.42. The summed E-state index contributed by atoms with van der Waals surface area (Å²) < 4.78 is 22.4. The molecule has 2 heterocycles. The van der Waals surface area contributed by atoms with Gasteiger partial charge in [-0.1, -0.05) is 23.3 Å². The topological polar surface area (TPSA) is 120 Å². The molecule has 28 heavy (non-hydrogen) atoms. The van der Waals surface area contributed by atoms with Crippen LogP contribution in [0, 0.1) is 5.92 Å². The Bertz CT molecular complexity index is 716. The molecule has 0 N–H and O–H groups in total. The van der Waals surface area contributed by atoms with Crippen LogP contribution in [0.25, 0.3) is 10.4 Å². The first-order valence-electron chi connectivity index (χ1n) is 9.37. The van der Waals surface area contributed by atoms with Gasteiger partial charge in [0, 0.05) is 17.4 Å². The predicted octanol–water partition coefficient (Wildman–Crippen LogP) is 3.00. The van der Waals surface area contributed by atoms with Crippen LogP contribution in [0.5, 0.6) is 0 Å². The molecule has 3 rings (SSSR count). The first kappa shape index (κ1) is 20.1. The van der Waals surface area contributed by atoms with Crippen LogP contribution in [0.2, 0.25) is 0 Å². The van der Waals surface area contributed by atoms with Crippen molar-refractivity contribution in [3.8, 4) is 0 Å². The van der Waals surface area contributed by atoms with Gasteiger partial charge < -0.3 is 18.9 Å². The Morgan fingerprint density at radius 3 is 2.86 bits per heavy atom. The summed E-state index contributed by atoms with van der Waals surface area (Å²) in [4.78, 5) is 26.9. The van der Waals surface area contributed by atoms with Crippen LogP contribution in [0.4, 0.5) is 0 Å². The molecule has 2 saturated heterocycles. The lowest BCUT2D eigenvalue weighted by Crippen LogP contribution is -2.40. The minimum Gasteiger partial charge on any atom is -0.462 e. The third-order valence-electron chi connectivity index (χ3n) is 4.82. The molecule has 1 aromatic rings. The van der Waals surface area contributed by atoms with Gasteiger partial charge in [-0.05, 0) is 36.9 Å². The second-order valence-electron chi connectivity index (χ2n) is 6.74. The number of benzene rings is 1. The molecular weight excluding hydrogens is 366 g/mol. The van der Waals surface area contributed by atoms with Crippen molar-refractivity contribution in [1.82, 2.24) is 0 Å². The van der Waals surface area contributed by atoms with Crippen molar-refractivity contribution < 1.29 is 28.5 Å². The van der Waals surface area contributed by atoms with E-state index in [4.69, 9.17) is 24.5 Å². The summed E-state index contributed by atoms with van der Waals surface area (Å²) in [7, 11) is 0. The zero-order valence-electron chi connectivity index (χ0n) is 15.4. The Labute approximate surface area is 162 Å². The summed E-state index contributed by atoms with van der Waals surface area (Å²) in [5, 5.41) is 3.52. The molecular formula is C19H23N3O6. The SMILES string of the molecule is [N-]=[N+]=NC[C@@H]1OC(=O)C[C@@H]1[C@H](COC(=O)c1ccccc1)OC1CCCCO1. The highest BCUT2D eigenvalue weighted by molar-refractivity contribution is 5.89. The standard InChI is InChI=1S/C19H23N3O6/c20-22-21-11-15-14(10-17(23)27-15)16(28-18-8-4-5-9-25-18)12-26-19(24)13-6-2-1-3-7-13/h1-3,6-7,14-16,18H,4-5,8-12H2/t14-,15-,16-,18?/m0/s1. The third kappa shape index (κ3) is 5.45. The Hall–Kier alpha value is -2.61. The van der Waals surface area contributed by atoms with E-state index in [1.807, 2.05) is 6.07 Å². The Balaban J connectivity index is 1.69. The van der Waals surface area contributed by atoms with Gasteiger partial charge in [0.1, 0.15) is 18.8 Å². The van der Waals surface area contributed by atoms with Crippen molar-refractivity contribution in [2.45, 2.75) is 44.2 Å². The fraction of sp³-hybridized carbons (Fsp3) is 0.579. The lowest BCUT2D eigenvalue weighted by atomic mass is 9.94. The van der Waals surface area contributed by atoms with E-state index in [0.29, 0.717) is 12.2 Å². The lowest BCUT2D eigenvalue weighted by Gasteiger charge is -2.31. The molecule has 1 unspecified atom stereocenters. The van der Waals surface area contributed by atoms with E-state index in [2.05, 4.69) is 10.0 Å². The minimum atomic E-state index is -0.618. The number of azide groups is 1. The molecule has 9 nitrogen and oxygen atoms in total. The van der Waals surface area contributed by atoms with Crippen molar-refractivity contribution in [3.63, 3.8) is 0 Å². The van der Waals surface area contributed by atoms with Gasteiger partial charge in [0.15, 0.2) is 6.29 Å². The molecule has 0 aromatic heterocycles. The lowest BCUT2D eigenvalue weighted by molar-refractivity contribution is -0.208. The van der Waals surface area contributed by atoms with Gasteiger partial charge in [-0.2, -0.15) is 0 Å². The highest BCUT2D eigenvalue weighted by atomic mass is 16.7. The van der Waals surface area contributed by atoms with E-state index in [1.54, 1.807) is 24.3 Å². The molecule has 4 atom stereocenters. The van der Waals surface area contributed by atoms with Crippen LogP contribution in [0.15, 0.2) is 35.4 Å². The van der Waals surface area contributed by atoms with Gasteiger partial charge in [-0.15, -0.1) is 0 Å². The number of hydrogen-bond donors (Lipinski definition) is 0. The number of carbonyl (C=O) groups is 2. The average molecular weight is 389 g/mol. The number of rotatable bonds is 8. The second-order valence-corrected chi connectivity index (χ2v) is 6.74. The van der Waals surface area contributed by atoms with Crippen molar-refractivity contribution in [2.75, 3.05) is 19.8 Å². The van der Waals surface area contributed by atoms with Crippen LogP contribution < -0.4 is 0 Å². The fourth-order valence-electron chi connectivity index (χ4n) is 3.38. The van der Waals surface area contributed by atoms with E-state index >= 15 is 0 Å². The number of cyclic esters (lactones) is 1. The monoisotopic (exact) mass is 389 g/mol. The van der Waals surface area contributed by atoms with Crippen LogP contribution in [0.1, 0.15) is 36.0 Å². The first-order chi connectivity index (χ1) is 13.7. The van der Waals surface area contributed by atoms with Gasteiger partial charge in [0.25, 0.3) is 0 Å². The van der Waals surface area contributed by atoms with Gasteiger partial charge in [-0.3, -0.25) is 4.79 Å². The number of ether oxygens (including phenoxy) is 4. The summed E-state index contributed by atoms with van der Waals surface area (Å²) in [6.07, 6.45) is 1.12. The molecule has 2 aliphatic heterocycles. The Kier molecular flexibility index (Phi) is 7.25. The first-order valence-corrected chi connectivity index (χ1v) is 9.37. The third-order valence-corrected chi connectivity index (χ3v) is 4.82. The largest absolute Gasteiger partial charge is 0.462 e. The van der Waals surface area contributed by atoms with Crippen LogP contribution >= 0.6 is 0 Å². The van der Waals surface area contributed by atoms with E-state index in [9.17, 15) is 9.59 Å². The molecule has 2 fully saturated rings. The quantitative estimate of drug-likeness (QED) is 0.292. The average Bonchev–Trinajstić information content (AvgIpc) is 3.11. The van der Waals surface area contributed by atoms with Crippen molar-refractivity contribution in [3.05, 3.63) is 46.3 Å². The van der Waals surface area contributed by atoms with E-state index in [-0.39, 0.29) is 19.6 Å². The molecule has 0 bridgehead atoms. The van der Waals surface area contributed by atoms with Crippen LogP contribution in [0.3, 0.4) is 0 Å². The molecule has 150 valence electrons. The fourth-order valence-corrected chi connectivity index (χ4v) is 3.38. The van der Waals surface area contributed by atoms with Gasteiger partial charge >= 0.3 is 11.9 Å². The molecule has 0 amide bonds. The van der Waals surface area contributed by atoms with Crippen molar-refractivity contribution in [1.29, 1.82) is 0 Å². The minimum absolute atomic E-state index is 0.00488. The van der Waals surface area contributed by atoms with Gasteiger partial charge in [0.2, 0.25) is 0 Å². The van der Waals surface area contributed by atoms with E-state index in [0.717, 1.165) is 19.3 Å². The van der Waals surface area contributed by atoms with Gasteiger partial charge in [-0.25, -0.2) is 4.79 Å². The summed E-state index contributed by atoms with van der Waals surface area (Å²) in [5.74, 6) is -1.27. The molecule has 2 aliphatic rings. The highest BCUT2D eigenvalue weighted by Crippen LogP contribution is 2.30. The maximum absolute atomic E-state index is 12.3. The molecule has 9 heteroatoms. The second kappa shape index (κ2) is 10.1. The summed E-state index contributed by atoms with van der Waals surface area (Å²) in [6, 6.07) is 8.63.